The Hall–Kier alpha value is -3.67. The smallest absolute Gasteiger partial charge is 0.274 e. The predicted molar refractivity (Wildman–Crippen MR) is 127 cm³/mol. The highest BCUT2D eigenvalue weighted by molar-refractivity contribution is 5.99. The van der Waals surface area contributed by atoms with Crippen molar-refractivity contribution in [1.82, 2.24) is 14.5 Å². The van der Waals surface area contributed by atoms with Crippen LogP contribution in [0.1, 0.15) is 36.5 Å². The van der Waals surface area contributed by atoms with Crippen LogP contribution < -0.4 is 10.9 Å². The van der Waals surface area contributed by atoms with E-state index in [4.69, 9.17) is 4.98 Å². The Kier molecular flexibility index (Phi) is 4.73. The first-order valence-electron chi connectivity index (χ1n) is 10.9. The summed E-state index contributed by atoms with van der Waals surface area (Å²) in [6, 6.07) is 13.9. The molecule has 5 rings (SSSR count). The standard InChI is InChI=1S/C26H26N4O2/c1-16-10-11-21(28-22(16)19-15-30(3)24(31)23-18(19)12-14-27-23)29-25(32)26(2)13-6-8-17-7-4-5-9-20(17)26/h4-5,7,9-12,14-15,27H,6,8,13H2,1-3H3,(H,28,29,32). The Morgan fingerprint density at radius 3 is 2.84 bits per heavy atom. The number of benzene rings is 1. The normalized spacial score (nSPS) is 17.8. The highest BCUT2D eigenvalue weighted by Gasteiger charge is 2.39. The van der Waals surface area contributed by atoms with Gasteiger partial charge >= 0.3 is 0 Å². The minimum absolute atomic E-state index is 0.0424. The molecule has 1 amide bonds. The second-order valence-electron chi connectivity index (χ2n) is 8.88. The molecule has 3 heterocycles. The van der Waals surface area contributed by atoms with E-state index in [1.807, 2.05) is 44.2 Å². The van der Waals surface area contributed by atoms with E-state index in [1.165, 1.54) is 5.56 Å². The molecule has 32 heavy (non-hydrogen) atoms. The van der Waals surface area contributed by atoms with Gasteiger partial charge in [0.05, 0.1) is 11.1 Å². The van der Waals surface area contributed by atoms with Gasteiger partial charge in [-0.05, 0) is 61.9 Å². The molecule has 2 N–H and O–H groups in total. The molecule has 1 atom stereocenters. The Labute approximate surface area is 186 Å². The first-order chi connectivity index (χ1) is 15.4. The monoisotopic (exact) mass is 426 g/mol. The lowest BCUT2D eigenvalue weighted by atomic mass is 9.70. The first-order valence-corrected chi connectivity index (χ1v) is 10.9. The summed E-state index contributed by atoms with van der Waals surface area (Å²) >= 11 is 0. The third-order valence-corrected chi connectivity index (χ3v) is 6.72. The Balaban J connectivity index is 1.54. The van der Waals surface area contributed by atoms with Crippen LogP contribution in [0.3, 0.4) is 0 Å². The molecular weight excluding hydrogens is 400 g/mol. The molecular formula is C26H26N4O2. The summed E-state index contributed by atoms with van der Waals surface area (Å²) < 4.78 is 1.56. The second kappa shape index (κ2) is 7.48. The van der Waals surface area contributed by atoms with Gasteiger partial charge in [-0.15, -0.1) is 0 Å². The average Bonchev–Trinajstić information content (AvgIpc) is 3.28. The van der Waals surface area contributed by atoms with Crippen LogP contribution in [0, 0.1) is 6.92 Å². The number of aromatic amines is 1. The number of carbonyl (C=O) groups is 1. The summed E-state index contributed by atoms with van der Waals surface area (Å²) in [5.74, 6) is 0.469. The van der Waals surface area contributed by atoms with E-state index in [0.29, 0.717) is 11.3 Å². The summed E-state index contributed by atoms with van der Waals surface area (Å²) in [5.41, 5.74) is 4.79. The maximum absolute atomic E-state index is 13.5. The molecule has 0 bridgehead atoms. The van der Waals surface area contributed by atoms with Crippen LogP contribution in [0.4, 0.5) is 5.82 Å². The molecule has 162 valence electrons. The van der Waals surface area contributed by atoms with Crippen molar-refractivity contribution < 1.29 is 4.79 Å². The molecule has 0 aliphatic heterocycles. The quantitative estimate of drug-likeness (QED) is 0.507. The van der Waals surface area contributed by atoms with Gasteiger partial charge < -0.3 is 14.9 Å². The Bertz CT molecular complexity index is 1420. The van der Waals surface area contributed by atoms with Crippen LogP contribution in [0.5, 0.6) is 0 Å². The highest BCUT2D eigenvalue weighted by atomic mass is 16.2. The average molecular weight is 427 g/mol. The van der Waals surface area contributed by atoms with Crippen LogP contribution in [0.15, 0.2) is 59.7 Å². The van der Waals surface area contributed by atoms with Gasteiger partial charge in [-0.2, -0.15) is 0 Å². The number of aryl methyl sites for hydroxylation is 3. The predicted octanol–water partition coefficient (Wildman–Crippen LogP) is 4.47. The Morgan fingerprint density at radius 2 is 2.00 bits per heavy atom. The largest absolute Gasteiger partial charge is 0.357 e. The van der Waals surface area contributed by atoms with Crippen LogP contribution >= 0.6 is 0 Å². The fourth-order valence-electron chi connectivity index (χ4n) is 4.86. The van der Waals surface area contributed by atoms with Gasteiger partial charge in [0, 0.05) is 30.4 Å². The number of aromatic nitrogens is 3. The number of anilines is 1. The maximum Gasteiger partial charge on any atom is 0.274 e. The molecule has 1 aliphatic carbocycles. The molecule has 1 unspecified atom stereocenters. The SMILES string of the molecule is Cc1ccc(NC(=O)C2(C)CCCc3ccccc32)nc1-c1cn(C)c(=O)c2[nH]ccc12. The number of carbonyl (C=O) groups excluding carboxylic acids is 1. The zero-order chi connectivity index (χ0) is 22.5. The lowest BCUT2D eigenvalue weighted by molar-refractivity contribution is -0.121. The number of amides is 1. The first kappa shape index (κ1) is 20.2. The van der Waals surface area contributed by atoms with Crippen LogP contribution in [-0.4, -0.2) is 20.4 Å². The van der Waals surface area contributed by atoms with Crippen LogP contribution in [0.2, 0.25) is 0 Å². The van der Waals surface area contributed by atoms with Gasteiger partial charge in [-0.1, -0.05) is 30.3 Å². The summed E-state index contributed by atoms with van der Waals surface area (Å²) in [7, 11) is 1.73. The van der Waals surface area contributed by atoms with Gasteiger partial charge in [0.2, 0.25) is 5.91 Å². The van der Waals surface area contributed by atoms with Crippen molar-refractivity contribution in [3.05, 3.63) is 81.9 Å². The van der Waals surface area contributed by atoms with Crippen molar-refractivity contribution in [2.75, 3.05) is 5.32 Å². The van der Waals surface area contributed by atoms with Gasteiger partial charge in [-0.3, -0.25) is 9.59 Å². The molecule has 4 aromatic rings. The third-order valence-electron chi connectivity index (χ3n) is 6.72. The van der Waals surface area contributed by atoms with Crippen molar-refractivity contribution in [2.45, 2.75) is 38.5 Å². The molecule has 0 saturated heterocycles. The summed E-state index contributed by atoms with van der Waals surface area (Å²) in [6.45, 7) is 4.00. The number of hydrogen-bond donors (Lipinski definition) is 2. The van der Waals surface area contributed by atoms with E-state index in [0.717, 1.165) is 47.0 Å². The molecule has 0 fully saturated rings. The number of nitrogens with one attached hydrogen (secondary N) is 2. The Morgan fingerprint density at radius 1 is 1.19 bits per heavy atom. The summed E-state index contributed by atoms with van der Waals surface area (Å²) in [5, 5.41) is 3.89. The van der Waals surface area contributed by atoms with E-state index >= 15 is 0 Å². The van der Waals surface area contributed by atoms with Crippen molar-refractivity contribution >= 4 is 22.6 Å². The van der Waals surface area contributed by atoms with Crippen LogP contribution in [0.25, 0.3) is 22.2 Å². The van der Waals surface area contributed by atoms with Crippen LogP contribution in [-0.2, 0) is 23.7 Å². The van der Waals surface area contributed by atoms with E-state index in [9.17, 15) is 9.59 Å². The van der Waals surface area contributed by atoms with Gasteiger partial charge in [0.15, 0.2) is 0 Å². The van der Waals surface area contributed by atoms with Gasteiger partial charge in [0.25, 0.3) is 5.56 Å². The number of nitrogens with zero attached hydrogens (tertiary/aromatic N) is 2. The van der Waals surface area contributed by atoms with Gasteiger partial charge in [-0.25, -0.2) is 4.98 Å². The number of hydrogen-bond acceptors (Lipinski definition) is 3. The van der Waals surface area contributed by atoms with E-state index in [-0.39, 0.29) is 11.5 Å². The van der Waals surface area contributed by atoms with Gasteiger partial charge in [0.1, 0.15) is 11.3 Å². The molecule has 3 aromatic heterocycles. The lowest BCUT2D eigenvalue weighted by Gasteiger charge is -2.34. The summed E-state index contributed by atoms with van der Waals surface area (Å²) in [6.07, 6.45) is 6.36. The number of fused-ring (bicyclic) bond motifs is 2. The van der Waals surface area contributed by atoms with Crippen molar-refractivity contribution in [3.63, 3.8) is 0 Å². The summed E-state index contributed by atoms with van der Waals surface area (Å²) in [4.78, 5) is 33.7. The highest BCUT2D eigenvalue weighted by Crippen LogP contribution is 2.38. The molecule has 6 nitrogen and oxygen atoms in total. The minimum atomic E-state index is -0.591. The zero-order valence-electron chi connectivity index (χ0n) is 18.5. The molecule has 0 saturated carbocycles. The third kappa shape index (κ3) is 3.14. The fraction of sp³-hybridized carbons (Fsp3) is 0.269. The molecule has 0 radical (unpaired) electrons. The molecule has 1 aliphatic rings. The second-order valence-corrected chi connectivity index (χ2v) is 8.88. The van der Waals surface area contributed by atoms with Crippen molar-refractivity contribution in [2.24, 2.45) is 7.05 Å². The molecule has 6 heteroatoms. The van der Waals surface area contributed by atoms with E-state index < -0.39 is 5.41 Å². The van der Waals surface area contributed by atoms with Crippen molar-refractivity contribution in [3.8, 4) is 11.3 Å². The van der Waals surface area contributed by atoms with E-state index in [1.54, 1.807) is 24.0 Å². The maximum atomic E-state index is 13.5. The molecule has 1 aromatic carbocycles. The topological polar surface area (TPSA) is 79.8 Å². The van der Waals surface area contributed by atoms with Crippen molar-refractivity contribution in [1.29, 1.82) is 0 Å². The van der Waals surface area contributed by atoms with E-state index in [2.05, 4.69) is 22.4 Å². The minimum Gasteiger partial charge on any atom is -0.357 e. The molecule has 0 spiro atoms. The number of H-pyrrole nitrogens is 1. The zero-order valence-corrected chi connectivity index (χ0v) is 18.5. The lowest BCUT2D eigenvalue weighted by Crippen LogP contribution is -2.40. The fourth-order valence-corrected chi connectivity index (χ4v) is 4.86. The number of rotatable bonds is 3. The number of pyridine rings is 2.